The number of carbonyl (C=O) groups is 2. The lowest BCUT2D eigenvalue weighted by Crippen LogP contribution is -2.27. The molecule has 0 bridgehead atoms. The highest BCUT2D eigenvalue weighted by Gasteiger charge is 2.41. The van der Waals surface area contributed by atoms with Gasteiger partial charge in [0, 0.05) is 37.8 Å². The van der Waals surface area contributed by atoms with Crippen LogP contribution in [0.5, 0.6) is 0 Å². The summed E-state index contributed by atoms with van der Waals surface area (Å²) in [6, 6.07) is 4.43. The number of amides is 2. The van der Waals surface area contributed by atoms with Crippen LogP contribution in [0.4, 0.5) is 0 Å². The number of fused-ring (bicyclic) bond motifs is 5. The van der Waals surface area contributed by atoms with Crippen LogP contribution in [0.2, 0.25) is 0 Å². The van der Waals surface area contributed by atoms with Crippen LogP contribution < -0.4 is 0 Å². The fourth-order valence-corrected chi connectivity index (χ4v) is 12.0. The van der Waals surface area contributed by atoms with Crippen molar-refractivity contribution in [1.82, 2.24) is 9.80 Å². The molecule has 0 N–H and O–H groups in total. The van der Waals surface area contributed by atoms with Crippen molar-refractivity contribution < 1.29 is 9.59 Å². The van der Waals surface area contributed by atoms with E-state index in [2.05, 4.69) is 26.0 Å². The van der Waals surface area contributed by atoms with E-state index >= 15 is 0 Å². The van der Waals surface area contributed by atoms with Gasteiger partial charge in [0.2, 0.25) is 0 Å². The van der Waals surface area contributed by atoms with Crippen molar-refractivity contribution in [3.8, 4) is 9.75 Å². The monoisotopic (exact) mass is 604 g/mol. The molecule has 0 saturated carbocycles. The van der Waals surface area contributed by atoms with E-state index < -0.39 is 0 Å². The van der Waals surface area contributed by atoms with Gasteiger partial charge < -0.3 is 0 Å². The second-order valence-electron chi connectivity index (χ2n) is 9.02. The Labute approximate surface area is 240 Å². The Morgan fingerprint density at radius 2 is 1.39 bits per heavy atom. The summed E-state index contributed by atoms with van der Waals surface area (Å²) >= 11 is 18.8. The van der Waals surface area contributed by atoms with Gasteiger partial charge in [0.1, 0.15) is 8.64 Å². The third kappa shape index (κ3) is 3.65. The van der Waals surface area contributed by atoms with Gasteiger partial charge in [-0.1, -0.05) is 61.8 Å². The first-order chi connectivity index (χ1) is 17.1. The maximum atomic E-state index is 12.7. The minimum atomic E-state index is -0.137. The van der Waals surface area contributed by atoms with Gasteiger partial charge in [-0.2, -0.15) is 0 Å². The topological polar surface area (TPSA) is 40.6 Å². The Kier molecular flexibility index (Phi) is 6.14. The zero-order chi connectivity index (χ0) is 25.5. The summed E-state index contributed by atoms with van der Waals surface area (Å²) in [7, 11) is 0. The quantitative estimate of drug-likeness (QED) is 0.224. The summed E-state index contributed by atoms with van der Waals surface area (Å²) < 4.78 is 3.81. The largest absolute Gasteiger partial charge is 0.293 e. The second kappa shape index (κ2) is 8.86. The summed E-state index contributed by atoms with van der Waals surface area (Å²) in [4.78, 5) is 34.8. The molecule has 6 rings (SSSR count). The van der Waals surface area contributed by atoms with Crippen LogP contribution in [-0.2, 0) is 15.0 Å². The molecule has 2 fully saturated rings. The van der Waals surface area contributed by atoms with Gasteiger partial charge in [-0.15, -0.1) is 34.0 Å². The van der Waals surface area contributed by atoms with Crippen molar-refractivity contribution in [3.63, 3.8) is 0 Å². The van der Waals surface area contributed by atoms with Crippen molar-refractivity contribution in [2.24, 2.45) is 0 Å². The molecular formula is C25H20N2O2S7. The molecule has 11 heteroatoms. The Morgan fingerprint density at radius 1 is 0.833 bits per heavy atom. The highest BCUT2D eigenvalue weighted by Crippen LogP contribution is 2.59. The molecule has 36 heavy (non-hydrogen) atoms. The van der Waals surface area contributed by atoms with Crippen molar-refractivity contribution in [2.75, 3.05) is 13.1 Å². The van der Waals surface area contributed by atoms with Crippen molar-refractivity contribution >= 4 is 124 Å². The number of hydrogen-bond acceptors (Lipinski definition) is 9. The minimum Gasteiger partial charge on any atom is -0.293 e. The van der Waals surface area contributed by atoms with Crippen LogP contribution >= 0.6 is 82.0 Å². The van der Waals surface area contributed by atoms with Crippen LogP contribution in [0.1, 0.15) is 48.6 Å². The molecule has 1 aliphatic carbocycles. The first kappa shape index (κ1) is 25.0. The predicted octanol–water partition coefficient (Wildman–Crippen LogP) is 7.77. The first-order valence-electron chi connectivity index (χ1n) is 11.4. The number of hydrogen-bond donors (Lipinski definition) is 0. The molecule has 3 aromatic heterocycles. The van der Waals surface area contributed by atoms with Crippen molar-refractivity contribution in [1.29, 1.82) is 0 Å². The molecule has 184 valence electrons. The van der Waals surface area contributed by atoms with E-state index in [1.165, 1.54) is 53.8 Å². The number of thioether (sulfide) groups is 2. The second-order valence-corrected chi connectivity index (χ2v) is 15.6. The Bertz CT molecular complexity index is 1580. The third-order valence-electron chi connectivity index (χ3n) is 6.57. The zero-order valence-electron chi connectivity index (χ0n) is 19.8. The van der Waals surface area contributed by atoms with Gasteiger partial charge in [-0.3, -0.25) is 19.4 Å². The Morgan fingerprint density at radius 3 is 1.92 bits per heavy atom. The molecule has 0 aromatic carbocycles. The number of nitrogens with zero attached hydrogens (tertiary/aromatic N) is 2. The molecule has 5 heterocycles. The van der Waals surface area contributed by atoms with Crippen LogP contribution in [0.25, 0.3) is 31.3 Å². The lowest BCUT2D eigenvalue weighted by molar-refractivity contribution is -0.122. The number of thiocarbonyl (C=S) groups is 2. The van der Waals surface area contributed by atoms with E-state index in [1.54, 1.807) is 32.5 Å². The number of carbonyl (C=O) groups excluding carboxylic acids is 2. The van der Waals surface area contributed by atoms with Crippen LogP contribution in [-0.4, -0.2) is 43.3 Å². The smallest absolute Gasteiger partial charge is 0.266 e. The van der Waals surface area contributed by atoms with Crippen molar-refractivity contribution in [3.05, 3.63) is 42.8 Å². The maximum absolute atomic E-state index is 12.7. The molecule has 0 radical (unpaired) electrons. The average molecular weight is 605 g/mol. The predicted molar refractivity (Wildman–Crippen MR) is 166 cm³/mol. The Balaban J connectivity index is 1.36. The number of rotatable bonds is 4. The zero-order valence-corrected chi connectivity index (χ0v) is 25.5. The molecule has 2 saturated heterocycles. The first-order valence-corrected chi connectivity index (χ1v) is 16.3. The molecule has 2 aliphatic heterocycles. The summed E-state index contributed by atoms with van der Waals surface area (Å²) in [5, 5.41) is 0. The van der Waals surface area contributed by atoms with E-state index in [0.717, 1.165) is 9.75 Å². The lowest BCUT2D eigenvalue weighted by Gasteiger charge is -2.19. The highest BCUT2D eigenvalue weighted by atomic mass is 32.2. The van der Waals surface area contributed by atoms with Crippen molar-refractivity contribution in [2.45, 2.75) is 33.1 Å². The van der Waals surface area contributed by atoms with Gasteiger partial charge in [0.15, 0.2) is 0 Å². The SMILES string of the molecule is CCN1C(=O)/C(=C/c2cc3c(s2)-c2sc4cc(/C=C5\SC(=S)N(CC)C5=O)sc4c2C3(C)C)SC1=S. The summed E-state index contributed by atoms with van der Waals surface area (Å²) in [5.74, 6) is 0.00129. The average Bonchev–Trinajstić information content (AvgIpc) is 3.60. The van der Waals surface area contributed by atoms with Gasteiger partial charge in [0.25, 0.3) is 11.8 Å². The van der Waals surface area contributed by atoms with E-state index in [9.17, 15) is 9.59 Å². The molecule has 0 unspecified atom stereocenters. The lowest BCUT2D eigenvalue weighted by atomic mass is 9.84. The van der Waals surface area contributed by atoms with Crippen LogP contribution in [0.3, 0.4) is 0 Å². The summed E-state index contributed by atoms with van der Waals surface area (Å²) in [6.45, 7) is 9.65. The van der Waals surface area contributed by atoms with Gasteiger partial charge in [0.05, 0.1) is 19.4 Å². The third-order valence-corrected chi connectivity index (χ3v) is 12.9. The maximum Gasteiger partial charge on any atom is 0.266 e. The van der Waals surface area contributed by atoms with Gasteiger partial charge >= 0.3 is 0 Å². The molecule has 2 amide bonds. The van der Waals surface area contributed by atoms with E-state index in [4.69, 9.17) is 24.4 Å². The van der Waals surface area contributed by atoms with Crippen LogP contribution in [0, 0.1) is 0 Å². The standard InChI is InChI=1S/C25H20N2O2S7/c1-5-26-21(28)15(35-23(26)30)9-11-7-13-18(32-11)20-17(25(13,3)4)19-14(34-20)8-12(33-19)10-16-22(29)27(6-2)24(31)36-16/h7-10H,5-6H2,1-4H3/b15-9-,16-10-. The number of thiophene rings is 3. The van der Waals surface area contributed by atoms with E-state index in [0.29, 0.717) is 31.5 Å². The summed E-state index contributed by atoms with van der Waals surface area (Å²) in [5.41, 5.74) is 2.55. The van der Waals surface area contributed by atoms with Crippen LogP contribution in [0.15, 0.2) is 21.9 Å². The normalized spacial score (nSPS) is 21.2. The molecule has 4 nitrogen and oxygen atoms in total. The Hall–Kier alpha value is -1.34. The number of likely N-dealkylation sites (N-methyl/N-ethyl adjacent to an activating group) is 2. The van der Waals surface area contributed by atoms with Gasteiger partial charge in [-0.25, -0.2) is 0 Å². The van der Waals surface area contributed by atoms with E-state index in [1.807, 2.05) is 37.3 Å². The van der Waals surface area contributed by atoms with E-state index in [-0.39, 0.29) is 17.2 Å². The fraction of sp³-hybridized carbons (Fsp3) is 0.280. The molecule has 0 atom stereocenters. The molecule has 3 aromatic rings. The van der Waals surface area contributed by atoms with Gasteiger partial charge in [-0.05, 0) is 49.3 Å². The molecule has 3 aliphatic rings. The molecule has 0 spiro atoms. The minimum absolute atomic E-state index is 0.000343. The highest BCUT2D eigenvalue weighted by molar-refractivity contribution is 8.27. The molecular weight excluding hydrogens is 585 g/mol. The summed E-state index contributed by atoms with van der Waals surface area (Å²) in [6.07, 6.45) is 3.98. The fourth-order valence-electron chi connectivity index (χ4n) is 4.76.